The van der Waals surface area contributed by atoms with Gasteiger partial charge in [-0.05, 0) is 32.6 Å². The van der Waals surface area contributed by atoms with Gasteiger partial charge in [-0.3, -0.25) is 4.79 Å². The lowest BCUT2D eigenvalue weighted by Crippen LogP contribution is -2.54. The lowest BCUT2D eigenvalue weighted by molar-refractivity contribution is -0.137. The molecule has 0 aromatic carbocycles. The van der Waals surface area contributed by atoms with Crippen molar-refractivity contribution in [3.05, 3.63) is 16.1 Å². The number of thiazole rings is 1. The second-order valence-electron chi connectivity index (χ2n) is 9.58. The van der Waals surface area contributed by atoms with Crippen LogP contribution in [0.25, 0.3) is 0 Å². The van der Waals surface area contributed by atoms with Gasteiger partial charge in [0.2, 0.25) is 5.91 Å². The van der Waals surface area contributed by atoms with Crippen molar-refractivity contribution in [3.8, 4) is 0 Å². The molecule has 0 aliphatic carbocycles. The maximum Gasteiger partial charge on any atom is 0.408 e. The molecule has 10 heteroatoms. The number of nitrogens with one attached hydrogen (secondary N) is 1. The number of carbonyl (C=O) groups excluding carboxylic acids is 3. The second kappa shape index (κ2) is 12.3. The van der Waals surface area contributed by atoms with Crippen molar-refractivity contribution in [2.24, 2.45) is 11.8 Å². The lowest BCUT2D eigenvalue weighted by atomic mass is 9.93. The number of alkyl carbamates (subject to hydrolysis) is 1. The number of amides is 2. The molecule has 0 unspecified atom stereocenters. The molecular weight excluding hydrogens is 446 g/mol. The molecule has 1 heterocycles. The van der Waals surface area contributed by atoms with Gasteiger partial charge >= 0.3 is 12.1 Å². The third-order valence-electron chi connectivity index (χ3n) is 5.43. The average Bonchev–Trinajstić information content (AvgIpc) is 3.22. The zero-order valence-electron chi connectivity index (χ0n) is 21.2. The van der Waals surface area contributed by atoms with Crippen LogP contribution in [-0.2, 0) is 14.3 Å². The van der Waals surface area contributed by atoms with Crippen LogP contribution in [0.15, 0.2) is 5.38 Å². The highest BCUT2D eigenvalue weighted by atomic mass is 32.1. The molecule has 0 aliphatic rings. The first-order valence-electron chi connectivity index (χ1n) is 11.2. The number of carbonyl (C=O) groups is 3. The van der Waals surface area contributed by atoms with E-state index in [1.54, 1.807) is 32.7 Å². The molecule has 1 aromatic rings. The molecule has 188 valence electrons. The first-order chi connectivity index (χ1) is 15.2. The Balaban J connectivity index is 3.03. The van der Waals surface area contributed by atoms with E-state index in [0.717, 1.165) is 11.3 Å². The van der Waals surface area contributed by atoms with Gasteiger partial charge < -0.3 is 24.8 Å². The number of hydrogen-bond donors (Lipinski definition) is 2. The Morgan fingerprint density at radius 1 is 1.24 bits per heavy atom. The molecule has 0 saturated heterocycles. The number of ether oxygens (including phenoxy) is 2. The Kier molecular flexibility index (Phi) is 10.8. The molecule has 1 rings (SSSR count). The van der Waals surface area contributed by atoms with Gasteiger partial charge in [-0.25, -0.2) is 14.6 Å². The third-order valence-corrected chi connectivity index (χ3v) is 6.38. The van der Waals surface area contributed by atoms with Gasteiger partial charge in [0.05, 0.1) is 7.11 Å². The molecular formula is C23H39N3O6S. The summed E-state index contributed by atoms with van der Waals surface area (Å²) >= 11 is 1.16. The van der Waals surface area contributed by atoms with Crippen LogP contribution in [0.5, 0.6) is 0 Å². The van der Waals surface area contributed by atoms with Crippen molar-refractivity contribution in [2.45, 2.75) is 85.1 Å². The Morgan fingerprint density at radius 2 is 1.85 bits per heavy atom. The van der Waals surface area contributed by atoms with Crippen molar-refractivity contribution in [1.29, 1.82) is 0 Å². The largest absolute Gasteiger partial charge is 0.464 e. The number of aromatic nitrogens is 1. The summed E-state index contributed by atoms with van der Waals surface area (Å²) in [5, 5.41) is 15.4. The highest BCUT2D eigenvalue weighted by Gasteiger charge is 2.35. The number of methoxy groups -OCH3 is 1. The highest BCUT2D eigenvalue weighted by Crippen LogP contribution is 2.28. The minimum Gasteiger partial charge on any atom is -0.464 e. The molecule has 0 bridgehead atoms. The number of rotatable bonds is 10. The lowest BCUT2D eigenvalue weighted by Gasteiger charge is -2.36. The van der Waals surface area contributed by atoms with Crippen LogP contribution in [0.3, 0.4) is 0 Å². The van der Waals surface area contributed by atoms with Crippen LogP contribution in [0.2, 0.25) is 0 Å². The van der Waals surface area contributed by atoms with E-state index in [1.165, 1.54) is 12.5 Å². The van der Waals surface area contributed by atoms with E-state index in [2.05, 4.69) is 15.0 Å². The normalized spacial score (nSPS) is 15.4. The molecule has 0 saturated carbocycles. The van der Waals surface area contributed by atoms with Gasteiger partial charge in [0.1, 0.15) is 22.8 Å². The van der Waals surface area contributed by atoms with Crippen LogP contribution >= 0.6 is 11.3 Å². The summed E-state index contributed by atoms with van der Waals surface area (Å²) in [6.45, 7) is 13.1. The fourth-order valence-corrected chi connectivity index (χ4v) is 4.13. The Hall–Kier alpha value is -2.20. The monoisotopic (exact) mass is 485 g/mol. The Bertz CT molecular complexity index is 804. The van der Waals surface area contributed by atoms with Gasteiger partial charge in [-0.15, -0.1) is 11.3 Å². The van der Waals surface area contributed by atoms with Gasteiger partial charge in [0.25, 0.3) is 0 Å². The van der Waals surface area contributed by atoms with E-state index in [1.807, 2.05) is 27.7 Å². The number of aliphatic hydroxyl groups excluding tert-OH is 1. The van der Waals surface area contributed by atoms with Gasteiger partial charge in [0, 0.05) is 24.9 Å². The van der Waals surface area contributed by atoms with E-state index >= 15 is 0 Å². The summed E-state index contributed by atoms with van der Waals surface area (Å²) in [7, 11) is 2.94. The molecule has 33 heavy (non-hydrogen) atoms. The summed E-state index contributed by atoms with van der Waals surface area (Å²) in [6, 6.07) is -1.09. The fourth-order valence-electron chi connectivity index (χ4n) is 3.35. The second-order valence-corrected chi connectivity index (χ2v) is 10.5. The topological polar surface area (TPSA) is 118 Å². The summed E-state index contributed by atoms with van der Waals surface area (Å²) in [6.07, 6.45) is -0.691. The maximum atomic E-state index is 13.4. The molecule has 0 radical (unpaired) electrons. The fraction of sp³-hybridized carbons (Fsp3) is 0.739. The molecule has 0 fully saturated rings. The standard InChI is InChI=1S/C23H39N3O6S/c1-10-14(4)18(25-22(30)32-23(5,6)7)20(28)26(8)16(13(2)3)11-17(27)19-24-15(12-33-19)21(29)31-9/h12-14,16-18,27H,10-11H2,1-9H3,(H,25,30)/t14-,16+,17-,18-/m0/s1. The number of aliphatic hydroxyl groups is 1. The van der Waals surface area contributed by atoms with E-state index in [9.17, 15) is 19.5 Å². The Morgan fingerprint density at radius 3 is 2.33 bits per heavy atom. The van der Waals surface area contributed by atoms with Crippen LogP contribution in [0, 0.1) is 11.8 Å². The number of hydrogen-bond acceptors (Lipinski definition) is 8. The summed E-state index contributed by atoms with van der Waals surface area (Å²) < 4.78 is 10.0. The first kappa shape index (κ1) is 28.8. The molecule has 9 nitrogen and oxygen atoms in total. The quantitative estimate of drug-likeness (QED) is 0.484. The summed E-state index contributed by atoms with van der Waals surface area (Å²) in [5.74, 6) is -0.919. The number of nitrogens with zero attached hydrogens (tertiary/aromatic N) is 2. The first-order valence-corrected chi connectivity index (χ1v) is 12.1. The summed E-state index contributed by atoms with van der Waals surface area (Å²) in [5.41, 5.74) is -0.541. The van der Waals surface area contributed by atoms with Crippen molar-refractivity contribution >= 4 is 29.3 Å². The van der Waals surface area contributed by atoms with E-state index in [4.69, 9.17) is 4.74 Å². The van der Waals surface area contributed by atoms with Crippen LogP contribution < -0.4 is 5.32 Å². The van der Waals surface area contributed by atoms with Gasteiger partial charge in [-0.2, -0.15) is 0 Å². The minimum atomic E-state index is -0.961. The number of esters is 1. The SMILES string of the molecule is CC[C@H](C)[C@H](NC(=O)OC(C)(C)C)C(=O)N(C)[C@H](C[C@H](O)c1nc(C(=O)OC)cs1)C(C)C. The molecule has 0 spiro atoms. The zero-order chi connectivity index (χ0) is 25.5. The van der Waals surface area contributed by atoms with Crippen LogP contribution in [0.1, 0.15) is 82.9 Å². The van der Waals surface area contributed by atoms with Crippen molar-refractivity contribution in [3.63, 3.8) is 0 Å². The van der Waals surface area contributed by atoms with Crippen molar-refractivity contribution in [2.75, 3.05) is 14.2 Å². The highest BCUT2D eigenvalue weighted by molar-refractivity contribution is 7.09. The van der Waals surface area contributed by atoms with E-state index in [-0.39, 0.29) is 35.9 Å². The van der Waals surface area contributed by atoms with Crippen molar-refractivity contribution in [1.82, 2.24) is 15.2 Å². The van der Waals surface area contributed by atoms with Crippen LogP contribution in [0.4, 0.5) is 4.79 Å². The van der Waals surface area contributed by atoms with Crippen molar-refractivity contribution < 1.29 is 29.0 Å². The molecule has 1 aromatic heterocycles. The minimum absolute atomic E-state index is 0.0211. The predicted octanol–water partition coefficient (Wildman–Crippen LogP) is 3.78. The smallest absolute Gasteiger partial charge is 0.408 e. The van der Waals surface area contributed by atoms with Gasteiger partial charge in [-0.1, -0.05) is 34.1 Å². The van der Waals surface area contributed by atoms with E-state index in [0.29, 0.717) is 11.4 Å². The maximum absolute atomic E-state index is 13.4. The molecule has 4 atom stereocenters. The molecule has 2 N–H and O–H groups in total. The molecule has 0 aliphatic heterocycles. The molecule has 2 amide bonds. The predicted molar refractivity (Wildman–Crippen MR) is 127 cm³/mol. The Labute approximate surface area is 200 Å². The van der Waals surface area contributed by atoms with E-state index < -0.39 is 29.8 Å². The summed E-state index contributed by atoms with van der Waals surface area (Å²) in [4.78, 5) is 43.2. The average molecular weight is 486 g/mol. The zero-order valence-corrected chi connectivity index (χ0v) is 22.0. The third kappa shape index (κ3) is 8.58. The van der Waals surface area contributed by atoms with Crippen LogP contribution in [-0.4, -0.2) is 64.8 Å². The van der Waals surface area contributed by atoms with Gasteiger partial charge in [0.15, 0.2) is 5.69 Å². The number of likely N-dealkylation sites (N-methyl/N-ethyl adjacent to an activating group) is 1.